The molecule has 1 aromatic carbocycles. The van der Waals surface area contributed by atoms with E-state index < -0.39 is 0 Å². The molecule has 2 rings (SSSR count). The van der Waals surface area contributed by atoms with E-state index in [0.29, 0.717) is 17.4 Å². The first-order valence-electron chi connectivity index (χ1n) is 6.54. The molecule has 1 aliphatic rings. The highest BCUT2D eigenvalue weighted by Crippen LogP contribution is 2.28. The molecule has 0 aromatic heterocycles. The molecule has 0 amide bonds. The molecule has 0 aliphatic carbocycles. The highest BCUT2D eigenvalue weighted by atomic mass is 19.1. The normalized spacial score (nSPS) is 21.3. The van der Waals surface area contributed by atoms with Crippen LogP contribution in [0, 0.1) is 5.82 Å². The molecule has 2 N–H and O–H groups in total. The maximum Gasteiger partial charge on any atom is 0.148 e. The summed E-state index contributed by atoms with van der Waals surface area (Å²) < 4.78 is 14.0. The van der Waals surface area contributed by atoms with Gasteiger partial charge in [0.15, 0.2) is 0 Å². The standard InChI is InChI=1S/C14H21FN2/c1-2-12-6-4-3-5-9-17(12)14-8-7-11(16)10-13(14)15/h7-8,10,12H,2-6,9,16H2,1H3. The van der Waals surface area contributed by atoms with E-state index in [0.717, 1.165) is 19.4 Å². The molecule has 1 saturated heterocycles. The highest BCUT2D eigenvalue weighted by molar-refractivity contribution is 5.55. The Morgan fingerprint density at radius 1 is 1.35 bits per heavy atom. The van der Waals surface area contributed by atoms with Crippen molar-refractivity contribution in [2.45, 2.75) is 45.1 Å². The van der Waals surface area contributed by atoms with Crippen molar-refractivity contribution in [2.75, 3.05) is 17.2 Å². The van der Waals surface area contributed by atoms with Gasteiger partial charge < -0.3 is 10.6 Å². The van der Waals surface area contributed by atoms with Gasteiger partial charge in [-0.15, -0.1) is 0 Å². The molecule has 0 radical (unpaired) electrons. The molecule has 2 nitrogen and oxygen atoms in total. The summed E-state index contributed by atoms with van der Waals surface area (Å²) in [6.45, 7) is 3.14. The van der Waals surface area contributed by atoms with E-state index in [1.54, 1.807) is 6.07 Å². The van der Waals surface area contributed by atoms with E-state index in [2.05, 4.69) is 11.8 Å². The Balaban J connectivity index is 2.28. The Morgan fingerprint density at radius 2 is 2.18 bits per heavy atom. The highest BCUT2D eigenvalue weighted by Gasteiger charge is 2.21. The Bertz CT molecular complexity index is 378. The number of nitrogens with zero attached hydrogens (tertiary/aromatic N) is 1. The van der Waals surface area contributed by atoms with Gasteiger partial charge >= 0.3 is 0 Å². The second-order valence-corrected chi connectivity index (χ2v) is 4.82. The maximum absolute atomic E-state index is 14.0. The summed E-state index contributed by atoms with van der Waals surface area (Å²) in [5.41, 5.74) is 6.81. The average molecular weight is 236 g/mol. The quantitative estimate of drug-likeness (QED) is 0.795. The zero-order valence-electron chi connectivity index (χ0n) is 10.5. The molecule has 3 heteroatoms. The topological polar surface area (TPSA) is 29.3 Å². The van der Waals surface area contributed by atoms with Crippen LogP contribution in [-0.2, 0) is 0 Å². The lowest BCUT2D eigenvalue weighted by atomic mass is 10.1. The third kappa shape index (κ3) is 2.71. The summed E-state index contributed by atoms with van der Waals surface area (Å²) in [5.74, 6) is -0.189. The lowest BCUT2D eigenvalue weighted by molar-refractivity contribution is 0.540. The van der Waals surface area contributed by atoms with Gasteiger partial charge in [-0.25, -0.2) is 4.39 Å². The molecule has 0 saturated carbocycles. The van der Waals surface area contributed by atoms with Crippen molar-refractivity contribution in [3.8, 4) is 0 Å². The summed E-state index contributed by atoms with van der Waals surface area (Å²) in [4.78, 5) is 2.22. The minimum Gasteiger partial charge on any atom is -0.399 e. The van der Waals surface area contributed by atoms with Crippen molar-refractivity contribution in [3.63, 3.8) is 0 Å². The van der Waals surface area contributed by atoms with Crippen LogP contribution in [0.5, 0.6) is 0 Å². The number of nitrogen functional groups attached to an aromatic ring is 1. The first kappa shape index (κ1) is 12.2. The maximum atomic E-state index is 14.0. The third-order valence-electron chi connectivity index (χ3n) is 3.63. The molecular weight excluding hydrogens is 215 g/mol. The number of anilines is 2. The number of halogens is 1. The zero-order valence-corrected chi connectivity index (χ0v) is 10.5. The van der Waals surface area contributed by atoms with Crippen molar-refractivity contribution in [1.29, 1.82) is 0 Å². The largest absolute Gasteiger partial charge is 0.399 e. The van der Waals surface area contributed by atoms with Gasteiger partial charge in [0.05, 0.1) is 5.69 Å². The van der Waals surface area contributed by atoms with Crippen LogP contribution < -0.4 is 10.6 Å². The van der Waals surface area contributed by atoms with E-state index in [9.17, 15) is 4.39 Å². The van der Waals surface area contributed by atoms with Crippen LogP contribution in [0.25, 0.3) is 0 Å². The fraction of sp³-hybridized carbons (Fsp3) is 0.571. The van der Waals surface area contributed by atoms with Gasteiger partial charge in [0.2, 0.25) is 0 Å². The number of hydrogen-bond acceptors (Lipinski definition) is 2. The molecule has 1 heterocycles. The predicted molar refractivity (Wildman–Crippen MR) is 70.7 cm³/mol. The zero-order chi connectivity index (χ0) is 12.3. The van der Waals surface area contributed by atoms with Crippen LogP contribution in [0.15, 0.2) is 18.2 Å². The van der Waals surface area contributed by atoms with Gasteiger partial charge in [0.25, 0.3) is 0 Å². The second kappa shape index (κ2) is 5.39. The molecule has 17 heavy (non-hydrogen) atoms. The minimum atomic E-state index is -0.189. The van der Waals surface area contributed by atoms with Gasteiger partial charge in [-0.3, -0.25) is 0 Å². The molecule has 94 valence electrons. The van der Waals surface area contributed by atoms with Gasteiger partial charge in [0.1, 0.15) is 5.82 Å². The third-order valence-corrected chi connectivity index (χ3v) is 3.63. The molecule has 0 bridgehead atoms. The van der Waals surface area contributed by atoms with E-state index in [-0.39, 0.29) is 5.82 Å². The fourth-order valence-corrected chi connectivity index (χ4v) is 2.68. The van der Waals surface area contributed by atoms with E-state index in [4.69, 9.17) is 5.73 Å². The second-order valence-electron chi connectivity index (χ2n) is 4.82. The summed E-state index contributed by atoms with van der Waals surface area (Å²) in [7, 11) is 0. The Kier molecular flexibility index (Phi) is 3.87. The van der Waals surface area contributed by atoms with Crippen LogP contribution in [-0.4, -0.2) is 12.6 Å². The monoisotopic (exact) mass is 236 g/mol. The van der Waals surface area contributed by atoms with E-state index >= 15 is 0 Å². The molecule has 1 unspecified atom stereocenters. The molecule has 1 aromatic rings. The smallest absolute Gasteiger partial charge is 0.148 e. The average Bonchev–Trinajstić information content (AvgIpc) is 2.54. The summed E-state index contributed by atoms with van der Waals surface area (Å²) in [5, 5.41) is 0. The van der Waals surface area contributed by atoms with Gasteiger partial charge in [-0.05, 0) is 37.5 Å². The number of nitrogens with two attached hydrogens (primary N) is 1. The molecule has 0 spiro atoms. The van der Waals surface area contributed by atoms with Gasteiger partial charge in [-0.1, -0.05) is 19.8 Å². The fourth-order valence-electron chi connectivity index (χ4n) is 2.68. The van der Waals surface area contributed by atoms with Crippen molar-refractivity contribution in [2.24, 2.45) is 0 Å². The number of rotatable bonds is 2. The first-order valence-corrected chi connectivity index (χ1v) is 6.54. The van der Waals surface area contributed by atoms with Crippen LogP contribution in [0.4, 0.5) is 15.8 Å². The molecule has 1 atom stereocenters. The molecule has 1 fully saturated rings. The van der Waals surface area contributed by atoms with Crippen LogP contribution >= 0.6 is 0 Å². The SMILES string of the molecule is CCC1CCCCCN1c1ccc(N)cc1F. The first-order chi connectivity index (χ1) is 8.22. The van der Waals surface area contributed by atoms with Gasteiger partial charge in [0, 0.05) is 18.3 Å². The minimum absolute atomic E-state index is 0.189. The van der Waals surface area contributed by atoms with Crippen LogP contribution in [0.2, 0.25) is 0 Å². The van der Waals surface area contributed by atoms with Gasteiger partial charge in [-0.2, -0.15) is 0 Å². The van der Waals surface area contributed by atoms with E-state index in [1.807, 2.05) is 6.07 Å². The number of benzene rings is 1. The summed E-state index contributed by atoms with van der Waals surface area (Å²) in [6, 6.07) is 5.50. The Morgan fingerprint density at radius 3 is 2.88 bits per heavy atom. The molecule has 1 aliphatic heterocycles. The summed E-state index contributed by atoms with van der Waals surface area (Å²) >= 11 is 0. The lowest BCUT2D eigenvalue weighted by Gasteiger charge is -2.31. The van der Waals surface area contributed by atoms with Crippen LogP contribution in [0.1, 0.15) is 39.0 Å². The van der Waals surface area contributed by atoms with Crippen molar-refractivity contribution < 1.29 is 4.39 Å². The van der Waals surface area contributed by atoms with Crippen LogP contribution in [0.3, 0.4) is 0 Å². The number of hydrogen-bond donors (Lipinski definition) is 1. The Labute approximate surface area is 103 Å². The predicted octanol–water partition coefficient (Wildman–Crippen LogP) is 3.57. The molecular formula is C14H21FN2. The Hall–Kier alpha value is -1.25. The lowest BCUT2D eigenvalue weighted by Crippen LogP contribution is -2.35. The van der Waals surface area contributed by atoms with Crippen molar-refractivity contribution in [3.05, 3.63) is 24.0 Å². The van der Waals surface area contributed by atoms with Crippen molar-refractivity contribution in [1.82, 2.24) is 0 Å². The van der Waals surface area contributed by atoms with Crippen molar-refractivity contribution >= 4 is 11.4 Å². The van der Waals surface area contributed by atoms with E-state index in [1.165, 1.54) is 25.3 Å². The summed E-state index contributed by atoms with van der Waals surface area (Å²) in [6.07, 6.45) is 5.90.